The second kappa shape index (κ2) is 5.63. The number of carbonyl (C=O) groups is 1. The molecule has 19 heavy (non-hydrogen) atoms. The lowest BCUT2D eigenvalue weighted by Crippen LogP contribution is -2.39. The summed E-state index contributed by atoms with van der Waals surface area (Å²) in [5.41, 5.74) is 0. The Morgan fingerprint density at radius 3 is 2.79 bits per heavy atom. The van der Waals surface area contributed by atoms with E-state index in [4.69, 9.17) is 4.74 Å². The van der Waals surface area contributed by atoms with Gasteiger partial charge in [0.15, 0.2) is 0 Å². The Labute approximate surface area is 115 Å². The number of ether oxygens (including phenoxy) is 1. The first-order chi connectivity index (χ1) is 9.29. The number of amides is 1. The van der Waals surface area contributed by atoms with E-state index < -0.39 is 0 Å². The summed E-state index contributed by atoms with van der Waals surface area (Å²) in [4.78, 5) is 16.6. The summed E-state index contributed by atoms with van der Waals surface area (Å²) in [5.74, 6) is 1.07. The molecule has 1 amide bonds. The minimum Gasteiger partial charge on any atom is -0.381 e. The Morgan fingerprint density at radius 1 is 1.26 bits per heavy atom. The van der Waals surface area contributed by atoms with Crippen molar-refractivity contribution in [2.24, 2.45) is 5.92 Å². The fourth-order valence-electron chi connectivity index (χ4n) is 3.87. The first kappa shape index (κ1) is 13.1. The molecule has 0 aliphatic carbocycles. The van der Waals surface area contributed by atoms with Crippen LogP contribution < -0.4 is 0 Å². The van der Waals surface area contributed by atoms with Crippen molar-refractivity contribution in [1.29, 1.82) is 0 Å². The van der Waals surface area contributed by atoms with E-state index in [1.807, 2.05) is 11.0 Å². The smallest absolute Gasteiger partial charge is 0.224 e. The number of likely N-dealkylation sites (tertiary alicyclic amines) is 2. The number of nitrogens with zero attached hydrogens (tertiary/aromatic N) is 2. The van der Waals surface area contributed by atoms with Crippen LogP contribution in [-0.2, 0) is 9.53 Å². The first-order valence-electron chi connectivity index (χ1n) is 7.51. The van der Waals surface area contributed by atoms with Gasteiger partial charge in [0.1, 0.15) is 0 Å². The largest absolute Gasteiger partial charge is 0.381 e. The maximum atomic E-state index is 12.0. The average molecular weight is 264 g/mol. The van der Waals surface area contributed by atoms with Crippen LogP contribution in [0.1, 0.15) is 25.7 Å². The van der Waals surface area contributed by atoms with Crippen LogP contribution in [-0.4, -0.2) is 60.6 Å². The van der Waals surface area contributed by atoms with Gasteiger partial charge in [0.2, 0.25) is 5.91 Å². The number of carbonyl (C=O) groups excluding carboxylic acids is 1. The third-order valence-corrected chi connectivity index (χ3v) is 4.89. The van der Waals surface area contributed by atoms with E-state index in [0.717, 1.165) is 38.6 Å². The Kier molecular flexibility index (Phi) is 3.89. The Balaban J connectivity index is 1.60. The van der Waals surface area contributed by atoms with Gasteiger partial charge in [-0.3, -0.25) is 9.69 Å². The summed E-state index contributed by atoms with van der Waals surface area (Å²) in [6.07, 6.45) is 6.05. The number of fused-ring (bicyclic) bond motifs is 1. The first-order valence-corrected chi connectivity index (χ1v) is 7.51. The molecule has 3 saturated heterocycles. The van der Waals surface area contributed by atoms with Crippen LogP contribution in [0.25, 0.3) is 0 Å². The van der Waals surface area contributed by atoms with Crippen LogP contribution in [0.2, 0.25) is 0 Å². The van der Waals surface area contributed by atoms with Crippen molar-refractivity contribution < 1.29 is 9.53 Å². The van der Waals surface area contributed by atoms with Gasteiger partial charge in [-0.05, 0) is 25.2 Å². The highest BCUT2D eigenvalue weighted by molar-refractivity contribution is 5.80. The molecule has 3 aliphatic heterocycles. The van der Waals surface area contributed by atoms with Crippen molar-refractivity contribution in [3.8, 4) is 0 Å². The number of hydrogen-bond donors (Lipinski definition) is 0. The zero-order chi connectivity index (χ0) is 13.2. The zero-order valence-electron chi connectivity index (χ0n) is 11.6. The van der Waals surface area contributed by atoms with Gasteiger partial charge >= 0.3 is 0 Å². The molecule has 4 heteroatoms. The fourth-order valence-corrected chi connectivity index (χ4v) is 3.87. The molecule has 3 fully saturated rings. The van der Waals surface area contributed by atoms with Crippen LogP contribution in [0.4, 0.5) is 0 Å². The normalized spacial score (nSPS) is 32.8. The molecule has 106 valence electrons. The van der Waals surface area contributed by atoms with Crippen molar-refractivity contribution in [3.05, 3.63) is 12.7 Å². The molecule has 0 radical (unpaired) electrons. The van der Waals surface area contributed by atoms with Gasteiger partial charge < -0.3 is 9.64 Å². The molecule has 0 unspecified atom stereocenters. The molecule has 0 N–H and O–H groups in total. The Hall–Kier alpha value is -0.870. The lowest BCUT2D eigenvalue weighted by atomic mass is 9.99. The summed E-state index contributed by atoms with van der Waals surface area (Å²) in [7, 11) is 0. The van der Waals surface area contributed by atoms with Crippen molar-refractivity contribution in [3.63, 3.8) is 0 Å². The van der Waals surface area contributed by atoms with Crippen molar-refractivity contribution in [2.45, 2.75) is 37.8 Å². The Bertz CT molecular complexity index is 352. The molecular formula is C15H24N2O2. The van der Waals surface area contributed by atoms with Gasteiger partial charge in [-0.25, -0.2) is 0 Å². The van der Waals surface area contributed by atoms with Crippen molar-refractivity contribution in [2.75, 3.05) is 32.8 Å². The SMILES string of the molecule is C=CCN1C(=O)C[C@H]2[C@H]1CCN2CC1CCOCC1. The van der Waals surface area contributed by atoms with Crippen molar-refractivity contribution >= 4 is 5.91 Å². The van der Waals surface area contributed by atoms with Crippen LogP contribution in [0.3, 0.4) is 0 Å². The predicted molar refractivity (Wildman–Crippen MR) is 73.8 cm³/mol. The second-order valence-electron chi connectivity index (χ2n) is 6.01. The van der Waals surface area contributed by atoms with Gasteiger partial charge in [-0.15, -0.1) is 6.58 Å². The van der Waals surface area contributed by atoms with E-state index in [0.29, 0.717) is 31.0 Å². The lowest BCUT2D eigenvalue weighted by molar-refractivity contribution is -0.128. The molecule has 3 heterocycles. The lowest BCUT2D eigenvalue weighted by Gasteiger charge is -2.30. The van der Waals surface area contributed by atoms with Crippen LogP contribution >= 0.6 is 0 Å². The maximum Gasteiger partial charge on any atom is 0.224 e. The van der Waals surface area contributed by atoms with Gasteiger partial charge in [-0.1, -0.05) is 6.08 Å². The van der Waals surface area contributed by atoms with Crippen LogP contribution in [0.5, 0.6) is 0 Å². The summed E-state index contributed by atoms with van der Waals surface area (Å²) in [5, 5.41) is 0. The van der Waals surface area contributed by atoms with Gasteiger partial charge in [0.25, 0.3) is 0 Å². The predicted octanol–water partition coefficient (Wildman–Crippen LogP) is 1.27. The number of hydrogen-bond acceptors (Lipinski definition) is 3. The second-order valence-corrected chi connectivity index (χ2v) is 6.01. The minimum absolute atomic E-state index is 0.312. The molecule has 3 aliphatic rings. The molecule has 4 nitrogen and oxygen atoms in total. The molecule has 0 aromatic carbocycles. The molecule has 0 spiro atoms. The quantitative estimate of drug-likeness (QED) is 0.717. The molecule has 3 rings (SSSR count). The van der Waals surface area contributed by atoms with Crippen LogP contribution in [0.15, 0.2) is 12.7 Å². The van der Waals surface area contributed by atoms with Crippen LogP contribution in [0, 0.1) is 5.92 Å². The van der Waals surface area contributed by atoms with Gasteiger partial charge in [0, 0.05) is 51.4 Å². The summed E-state index contributed by atoms with van der Waals surface area (Å²) in [6, 6.07) is 0.889. The summed E-state index contributed by atoms with van der Waals surface area (Å²) >= 11 is 0. The molecule has 0 saturated carbocycles. The molecule has 0 bridgehead atoms. The highest BCUT2D eigenvalue weighted by atomic mass is 16.5. The molecule has 0 aromatic heterocycles. The highest BCUT2D eigenvalue weighted by Crippen LogP contribution is 2.33. The minimum atomic E-state index is 0.312. The maximum absolute atomic E-state index is 12.0. The topological polar surface area (TPSA) is 32.8 Å². The molecule has 2 atom stereocenters. The van der Waals surface area contributed by atoms with E-state index >= 15 is 0 Å². The van der Waals surface area contributed by atoms with Gasteiger partial charge in [-0.2, -0.15) is 0 Å². The van der Waals surface area contributed by atoms with E-state index in [9.17, 15) is 4.79 Å². The third kappa shape index (κ3) is 2.56. The van der Waals surface area contributed by atoms with E-state index in [-0.39, 0.29) is 0 Å². The molecule has 0 aromatic rings. The van der Waals surface area contributed by atoms with E-state index in [1.54, 1.807) is 0 Å². The standard InChI is InChI=1S/C15H24N2O2/c1-2-6-17-13-3-7-16(14(13)10-15(17)18)11-12-4-8-19-9-5-12/h2,12-14H,1,3-11H2/t13-,14+/m1/s1. The Morgan fingerprint density at radius 2 is 2.05 bits per heavy atom. The fraction of sp³-hybridized carbons (Fsp3) is 0.800. The number of rotatable bonds is 4. The summed E-state index contributed by atoms with van der Waals surface area (Å²) < 4.78 is 5.42. The average Bonchev–Trinajstić information content (AvgIpc) is 2.93. The van der Waals surface area contributed by atoms with Crippen molar-refractivity contribution in [1.82, 2.24) is 9.80 Å². The van der Waals surface area contributed by atoms with E-state index in [2.05, 4.69) is 11.5 Å². The van der Waals surface area contributed by atoms with Gasteiger partial charge in [0.05, 0.1) is 0 Å². The highest BCUT2D eigenvalue weighted by Gasteiger charge is 2.46. The third-order valence-electron chi connectivity index (χ3n) is 4.89. The van der Waals surface area contributed by atoms with E-state index in [1.165, 1.54) is 12.8 Å². The zero-order valence-corrected chi connectivity index (χ0v) is 11.6. The summed E-state index contributed by atoms with van der Waals surface area (Å²) in [6.45, 7) is 8.60. The monoisotopic (exact) mass is 264 g/mol. The molecular weight excluding hydrogens is 240 g/mol.